The Hall–Kier alpha value is -1.51. The van der Waals surface area contributed by atoms with Crippen LogP contribution in [0.3, 0.4) is 0 Å². The molecule has 7 rings (SSSR count). The van der Waals surface area contributed by atoms with Crippen LogP contribution in [0.5, 0.6) is 0 Å². The zero-order valence-corrected chi connectivity index (χ0v) is 33.4. The third-order valence-electron chi connectivity index (χ3n) is 17.7. The molecule has 51 heavy (non-hydrogen) atoms. The number of rotatable bonds is 8. The van der Waals surface area contributed by atoms with Gasteiger partial charge in [-0.05, 0) is 146 Å². The number of hydrogen-bond acceptors (Lipinski definition) is 5. The minimum absolute atomic E-state index is 0.0163. The molecule has 5 fully saturated rings. The number of sulfone groups is 1. The van der Waals surface area contributed by atoms with E-state index in [1.54, 1.807) is 0 Å². The quantitative estimate of drug-likeness (QED) is 0.245. The van der Waals surface area contributed by atoms with Gasteiger partial charge in [0.05, 0.1) is 16.9 Å². The van der Waals surface area contributed by atoms with E-state index < -0.39 is 27.9 Å². The van der Waals surface area contributed by atoms with Crippen molar-refractivity contribution >= 4 is 15.8 Å². The van der Waals surface area contributed by atoms with Crippen molar-refractivity contribution in [2.24, 2.45) is 56.7 Å². The maximum Gasteiger partial charge on any atom is 0.312 e. The smallest absolute Gasteiger partial charge is 0.312 e. The Morgan fingerprint density at radius 3 is 2.29 bits per heavy atom. The maximum atomic E-state index is 14.0. The minimum Gasteiger partial charge on any atom is -0.481 e. The fourth-order valence-corrected chi connectivity index (χ4v) is 15.8. The van der Waals surface area contributed by atoms with Crippen LogP contribution in [0, 0.1) is 56.7 Å². The van der Waals surface area contributed by atoms with Crippen LogP contribution in [-0.4, -0.2) is 74.3 Å². The van der Waals surface area contributed by atoms with E-state index in [2.05, 4.69) is 70.5 Å². The van der Waals surface area contributed by atoms with Gasteiger partial charge in [-0.15, -0.1) is 0 Å². The molecule has 10 atom stereocenters. The molecule has 286 valence electrons. The number of nitrogens with one attached hydrogen (secondary N) is 1. The highest BCUT2D eigenvalue weighted by Crippen LogP contribution is 2.76. The van der Waals surface area contributed by atoms with Crippen LogP contribution in [0.4, 0.5) is 4.39 Å². The Kier molecular flexibility index (Phi) is 9.47. The standard InChI is InChI=1S/C43H67FN2O4S/c1-29(2)31-12-19-43(45-22-23-46-24-26-51(49,50)27-25-46)21-20-40(6)33(36(31)43)8-9-35-39(5)15-13-32(38(3,4)34(39)14-16-41(35,40)7)30-10-17-42(28-44,18-11-30)37(47)48/h10,13,31,33-36,45H,1,8-9,11-12,14-28H2,2-7H3,(H,47,48)/t31?,33-,34+,35-,36-,39+,40-,41-,42?,43+/m1/s1. The molecule has 0 aromatic rings. The second kappa shape index (κ2) is 12.8. The fourth-order valence-electron chi connectivity index (χ4n) is 14.6. The molecule has 1 saturated heterocycles. The van der Waals surface area contributed by atoms with Crippen LogP contribution >= 0.6 is 0 Å². The molecule has 0 aromatic heterocycles. The molecular weight excluding hydrogens is 660 g/mol. The van der Waals surface area contributed by atoms with E-state index in [4.69, 9.17) is 0 Å². The Bertz CT molecular complexity index is 1590. The molecule has 1 aliphatic heterocycles. The summed E-state index contributed by atoms with van der Waals surface area (Å²) >= 11 is 0. The summed E-state index contributed by atoms with van der Waals surface area (Å²) in [6, 6.07) is 0. The number of nitrogens with zero attached hydrogens (tertiary/aromatic N) is 1. The predicted octanol–water partition coefficient (Wildman–Crippen LogP) is 8.40. The normalized spacial score (nSPS) is 46.1. The molecule has 6 aliphatic carbocycles. The van der Waals surface area contributed by atoms with Gasteiger partial charge in [0.15, 0.2) is 9.84 Å². The molecule has 0 radical (unpaired) electrons. The Balaban J connectivity index is 1.13. The van der Waals surface area contributed by atoms with Gasteiger partial charge in [-0.25, -0.2) is 12.8 Å². The van der Waals surface area contributed by atoms with Crippen molar-refractivity contribution in [3.05, 3.63) is 35.5 Å². The molecule has 1 heterocycles. The molecule has 0 bridgehead atoms. The van der Waals surface area contributed by atoms with Crippen molar-refractivity contribution in [2.45, 2.75) is 124 Å². The number of halogens is 1. The highest BCUT2D eigenvalue weighted by Gasteiger charge is 2.70. The van der Waals surface area contributed by atoms with E-state index in [1.807, 2.05) is 0 Å². The van der Waals surface area contributed by atoms with Crippen molar-refractivity contribution in [2.75, 3.05) is 44.4 Å². The highest BCUT2D eigenvalue weighted by atomic mass is 32.2. The molecular formula is C43H67FN2O4S. The zero-order chi connectivity index (χ0) is 36.8. The van der Waals surface area contributed by atoms with Crippen molar-refractivity contribution in [1.29, 1.82) is 0 Å². The summed E-state index contributed by atoms with van der Waals surface area (Å²) < 4.78 is 38.0. The van der Waals surface area contributed by atoms with E-state index in [0.717, 1.165) is 19.5 Å². The minimum atomic E-state index is -2.87. The molecule has 7 aliphatic rings. The summed E-state index contributed by atoms with van der Waals surface area (Å²) in [7, 11) is -2.87. The lowest BCUT2D eigenvalue weighted by Crippen LogP contribution is -2.68. The number of hydrogen-bond donors (Lipinski definition) is 2. The second-order valence-electron chi connectivity index (χ2n) is 20.0. The lowest BCUT2D eigenvalue weighted by Gasteiger charge is -2.72. The van der Waals surface area contributed by atoms with Gasteiger partial charge in [-0.1, -0.05) is 58.9 Å². The van der Waals surface area contributed by atoms with E-state index in [0.29, 0.717) is 67.0 Å². The van der Waals surface area contributed by atoms with Crippen molar-refractivity contribution in [3.63, 3.8) is 0 Å². The highest BCUT2D eigenvalue weighted by molar-refractivity contribution is 7.91. The first-order chi connectivity index (χ1) is 23.9. The van der Waals surface area contributed by atoms with Gasteiger partial charge in [-0.3, -0.25) is 4.79 Å². The van der Waals surface area contributed by atoms with Crippen LogP contribution < -0.4 is 5.32 Å². The van der Waals surface area contributed by atoms with Crippen LogP contribution in [0.1, 0.15) is 119 Å². The fraction of sp³-hybridized carbons (Fsp3) is 0.837. The Morgan fingerprint density at radius 1 is 0.941 bits per heavy atom. The van der Waals surface area contributed by atoms with Crippen molar-refractivity contribution in [3.8, 4) is 0 Å². The summed E-state index contributed by atoms with van der Waals surface area (Å²) in [5, 5.41) is 14.0. The number of aliphatic carboxylic acids is 1. The largest absolute Gasteiger partial charge is 0.481 e. The third-order valence-corrected chi connectivity index (χ3v) is 19.3. The van der Waals surface area contributed by atoms with E-state index in [9.17, 15) is 22.7 Å². The van der Waals surface area contributed by atoms with Crippen molar-refractivity contribution in [1.82, 2.24) is 10.2 Å². The molecule has 0 amide bonds. The maximum absolute atomic E-state index is 14.0. The lowest BCUT2D eigenvalue weighted by atomic mass is 9.33. The van der Waals surface area contributed by atoms with E-state index >= 15 is 0 Å². The van der Waals surface area contributed by atoms with Crippen LogP contribution in [-0.2, 0) is 14.6 Å². The summed E-state index contributed by atoms with van der Waals surface area (Å²) in [4.78, 5) is 14.3. The Morgan fingerprint density at radius 2 is 1.67 bits per heavy atom. The molecule has 4 saturated carbocycles. The number of alkyl halides is 1. The van der Waals surface area contributed by atoms with Gasteiger partial charge in [0.1, 0.15) is 6.67 Å². The zero-order valence-electron chi connectivity index (χ0n) is 32.6. The first-order valence-corrected chi connectivity index (χ1v) is 22.2. The SMILES string of the molecule is C=C(C)C1CC[C@]2(NCCN3CCS(=O)(=O)CC3)CC[C@]3(C)[C@H](CC[C@@H]4[C@@]5(C)CC=C(C6=CCC(CF)(C(=O)O)CC6)C(C)(C)[C@@H]5CC[C@]43C)[C@@H]12. The lowest BCUT2D eigenvalue weighted by molar-refractivity contribution is -0.221. The number of fused-ring (bicyclic) bond motifs is 7. The third kappa shape index (κ3) is 5.71. The average Bonchev–Trinajstić information content (AvgIpc) is 3.46. The first-order valence-electron chi connectivity index (χ1n) is 20.4. The molecule has 6 nitrogen and oxygen atoms in total. The Labute approximate surface area is 308 Å². The topological polar surface area (TPSA) is 86.7 Å². The molecule has 2 N–H and O–H groups in total. The van der Waals surface area contributed by atoms with Crippen LogP contribution in [0.15, 0.2) is 35.5 Å². The number of carboxylic acids is 1. The second-order valence-corrected chi connectivity index (χ2v) is 22.3. The molecule has 2 unspecified atom stereocenters. The monoisotopic (exact) mass is 726 g/mol. The summed E-state index contributed by atoms with van der Waals surface area (Å²) in [5.41, 5.74) is 3.60. The molecule has 8 heteroatoms. The summed E-state index contributed by atoms with van der Waals surface area (Å²) in [6.45, 7) is 22.1. The molecule has 0 aromatic carbocycles. The molecule has 0 spiro atoms. The van der Waals surface area contributed by atoms with E-state index in [-0.39, 0.29) is 33.6 Å². The van der Waals surface area contributed by atoms with Gasteiger partial charge in [-0.2, -0.15) is 0 Å². The van der Waals surface area contributed by atoms with Crippen LogP contribution in [0.2, 0.25) is 0 Å². The number of carbonyl (C=O) groups is 1. The average molecular weight is 727 g/mol. The van der Waals surface area contributed by atoms with Gasteiger partial charge >= 0.3 is 5.97 Å². The number of carboxylic acid groups (broad SMARTS) is 1. The summed E-state index contributed by atoms with van der Waals surface area (Å²) in [5.74, 6) is 2.58. The summed E-state index contributed by atoms with van der Waals surface area (Å²) in [6.07, 6.45) is 16.9. The van der Waals surface area contributed by atoms with E-state index in [1.165, 1.54) is 68.1 Å². The van der Waals surface area contributed by atoms with Gasteiger partial charge in [0, 0.05) is 31.7 Å². The van der Waals surface area contributed by atoms with Gasteiger partial charge in [0.2, 0.25) is 0 Å². The van der Waals surface area contributed by atoms with Gasteiger partial charge in [0.25, 0.3) is 0 Å². The predicted molar refractivity (Wildman–Crippen MR) is 204 cm³/mol. The van der Waals surface area contributed by atoms with Crippen molar-refractivity contribution < 1.29 is 22.7 Å². The van der Waals surface area contributed by atoms with Gasteiger partial charge < -0.3 is 15.3 Å². The number of allylic oxidation sites excluding steroid dienone is 5. The van der Waals surface area contributed by atoms with Crippen LogP contribution in [0.25, 0.3) is 0 Å². The first kappa shape index (κ1) is 37.8.